The molecule has 138 valence electrons. The first-order valence-corrected chi connectivity index (χ1v) is 9.10. The van der Waals surface area contributed by atoms with E-state index in [1.807, 2.05) is 16.7 Å². The highest BCUT2D eigenvalue weighted by atomic mass is 19.1. The Morgan fingerprint density at radius 2 is 2.19 bits per heavy atom. The predicted octanol–water partition coefficient (Wildman–Crippen LogP) is 1.54. The summed E-state index contributed by atoms with van der Waals surface area (Å²) in [6.45, 7) is 1.41. The van der Waals surface area contributed by atoms with Crippen molar-refractivity contribution in [3.8, 4) is 0 Å². The third kappa shape index (κ3) is 2.66. The SMILES string of the molecule is O=C(c1cc(Cc2c[nH]c(=O)c3cccn23)ccc1F)N1C[C@H]2C[C@H]1CN2. The second kappa shape index (κ2) is 6.06. The molecule has 27 heavy (non-hydrogen) atoms. The first-order chi connectivity index (χ1) is 13.1. The van der Waals surface area contributed by atoms with Gasteiger partial charge in [0.05, 0.1) is 5.56 Å². The zero-order valence-corrected chi connectivity index (χ0v) is 14.6. The average Bonchev–Trinajstić information content (AvgIpc) is 3.41. The number of H-pyrrole nitrogens is 1. The number of hydrogen-bond donors (Lipinski definition) is 2. The molecular weight excluding hydrogens is 347 g/mol. The van der Waals surface area contributed by atoms with Crippen LogP contribution in [0.3, 0.4) is 0 Å². The van der Waals surface area contributed by atoms with E-state index in [0.29, 0.717) is 24.5 Å². The topological polar surface area (TPSA) is 69.6 Å². The monoisotopic (exact) mass is 366 g/mol. The normalized spacial score (nSPS) is 21.3. The smallest absolute Gasteiger partial charge is 0.272 e. The van der Waals surface area contributed by atoms with Crippen molar-refractivity contribution in [3.63, 3.8) is 0 Å². The van der Waals surface area contributed by atoms with Gasteiger partial charge in [0.1, 0.15) is 11.3 Å². The quantitative estimate of drug-likeness (QED) is 0.739. The van der Waals surface area contributed by atoms with Crippen LogP contribution in [0, 0.1) is 5.82 Å². The molecule has 2 bridgehead atoms. The lowest BCUT2D eigenvalue weighted by molar-refractivity contribution is 0.0711. The van der Waals surface area contributed by atoms with Crippen molar-refractivity contribution in [2.75, 3.05) is 13.1 Å². The summed E-state index contributed by atoms with van der Waals surface area (Å²) >= 11 is 0. The van der Waals surface area contributed by atoms with Crippen molar-refractivity contribution in [2.45, 2.75) is 24.9 Å². The lowest BCUT2D eigenvalue weighted by Crippen LogP contribution is -2.46. The van der Waals surface area contributed by atoms with Crippen molar-refractivity contribution in [1.82, 2.24) is 19.6 Å². The highest BCUT2D eigenvalue weighted by Crippen LogP contribution is 2.26. The maximum atomic E-state index is 14.4. The number of benzene rings is 1. The molecule has 0 aliphatic carbocycles. The number of carbonyl (C=O) groups is 1. The van der Waals surface area contributed by atoms with Crippen molar-refractivity contribution >= 4 is 11.4 Å². The zero-order valence-electron chi connectivity index (χ0n) is 14.6. The lowest BCUT2D eigenvalue weighted by Gasteiger charge is -2.27. The summed E-state index contributed by atoms with van der Waals surface area (Å²) in [6.07, 6.45) is 4.90. The van der Waals surface area contributed by atoms with Crippen molar-refractivity contribution < 1.29 is 9.18 Å². The maximum absolute atomic E-state index is 14.4. The number of halogens is 1. The van der Waals surface area contributed by atoms with Crippen LogP contribution in [0.15, 0.2) is 47.5 Å². The van der Waals surface area contributed by atoms with E-state index in [-0.39, 0.29) is 23.1 Å². The predicted molar refractivity (Wildman–Crippen MR) is 98.5 cm³/mol. The minimum Gasteiger partial charge on any atom is -0.333 e. The van der Waals surface area contributed by atoms with E-state index in [9.17, 15) is 14.0 Å². The Labute approximate surface area is 154 Å². The Morgan fingerprint density at radius 3 is 2.96 bits per heavy atom. The van der Waals surface area contributed by atoms with E-state index in [1.54, 1.807) is 29.3 Å². The Balaban J connectivity index is 1.47. The second-order valence-corrected chi connectivity index (χ2v) is 7.32. The van der Waals surface area contributed by atoms with E-state index in [1.165, 1.54) is 6.07 Å². The fourth-order valence-corrected chi connectivity index (χ4v) is 4.26. The summed E-state index contributed by atoms with van der Waals surface area (Å²) in [6, 6.07) is 8.72. The first-order valence-electron chi connectivity index (χ1n) is 9.10. The van der Waals surface area contributed by atoms with Gasteiger partial charge >= 0.3 is 0 Å². The number of nitrogens with zero attached hydrogens (tertiary/aromatic N) is 2. The van der Waals surface area contributed by atoms with Crippen LogP contribution in [0.4, 0.5) is 4.39 Å². The van der Waals surface area contributed by atoms with Crippen LogP contribution in [-0.4, -0.2) is 45.4 Å². The van der Waals surface area contributed by atoms with Gasteiger partial charge in [0, 0.05) is 49.7 Å². The van der Waals surface area contributed by atoms with Gasteiger partial charge in [0.15, 0.2) is 0 Å². The fraction of sp³-hybridized carbons (Fsp3) is 0.300. The Kier molecular flexibility index (Phi) is 3.65. The molecule has 0 spiro atoms. The van der Waals surface area contributed by atoms with Crippen LogP contribution in [0.25, 0.3) is 5.52 Å². The molecule has 1 aromatic carbocycles. The summed E-state index contributed by atoms with van der Waals surface area (Å²) in [7, 11) is 0. The number of rotatable bonds is 3. The number of aromatic nitrogens is 2. The number of nitrogens with one attached hydrogen (secondary N) is 2. The second-order valence-electron chi connectivity index (χ2n) is 7.32. The van der Waals surface area contributed by atoms with Gasteiger partial charge in [-0.2, -0.15) is 0 Å². The van der Waals surface area contributed by atoms with Crippen LogP contribution < -0.4 is 10.9 Å². The van der Waals surface area contributed by atoms with Gasteiger partial charge in [-0.15, -0.1) is 0 Å². The molecule has 2 fully saturated rings. The lowest BCUT2D eigenvalue weighted by atomic mass is 10.0. The highest BCUT2D eigenvalue weighted by Gasteiger charge is 2.40. The first kappa shape index (κ1) is 16.3. The van der Waals surface area contributed by atoms with Gasteiger partial charge in [0.25, 0.3) is 11.5 Å². The molecule has 0 radical (unpaired) electrons. The molecule has 0 saturated carbocycles. The standard InChI is InChI=1S/C20H19FN4O2/c21-17-4-3-12(6-14-10-23-19(26)18-2-1-5-24(14)18)7-16(17)20(27)25-11-13-8-15(25)9-22-13/h1-5,7,10,13,15,22H,6,8-9,11H2,(H,23,26)/t13-,15+/m1/s1. The number of carbonyl (C=O) groups excluding carboxylic acids is 1. The largest absolute Gasteiger partial charge is 0.333 e. The summed E-state index contributed by atoms with van der Waals surface area (Å²) in [5.41, 5.74) is 2.21. The van der Waals surface area contributed by atoms with E-state index < -0.39 is 5.82 Å². The molecule has 0 unspecified atom stereocenters. The van der Waals surface area contributed by atoms with Crippen LogP contribution in [0.5, 0.6) is 0 Å². The molecular formula is C20H19FN4O2. The summed E-state index contributed by atoms with van der Waals surface area (Å²) < 4.78 is 16.2. The molecule has 1 amide bonds. The van der Waals surface area contributed by atoms with Crippen molar-refractivity contribution in [1.29, 1.82) is 0 Å². The van der Waals surface area contributed by atoms with Gasteiger partial charge in [0.2, 0.25) is 0 Å². The fourth-order valence-electron chi connectivity index (χ4n) is 4.26. The molecule has 2 aliphatic heterocycles. The number of aromatic amines is 1. The number of hydrogen-bond acceptors (Lipinski definition) is 3. The minimum atomic E-state index is -0.493. The van der Waals surface area contributed by atoms with Crippen LogP contribution in [0.2, 0.25) is 0 Å². The van der Waals surface area contributed by atoms with Crippen LogP contribution >= 0.6 is 0 Å². The molecule has 2 N–H and O–H groups in total. The molecule has 7 heteroatoms. The molecule has 2 aliphatic rings. The van der Waals surface area contributed by atoms with Crippen LogP contribution in [-0.2, 0) is 6.42 Å². The van der Waals surface area contributed by atoms with Crippen molar-refractivity contribution in [3.05, 3.63) is 75.7 Å². The molecule has 2 aromatic heterocycles. The molecule has 4 heterocycles. The highest BCUT2D eigenvalue weighted by molar-refractivity contribution is 5.95. The van der Waals surface area contributed by atoms with Gasteiger partial charge in [-0.3, -0.25) is 9.59 Å². The summed E-state index contributed by atoms with van der Waals surface area (Å²) in [4.78, 5) is 29.3. The molecule has 2 saturated heterocycles. The van der Waals surface area contributed by atoms with E-state index in [0.717, 1.165) is 24.2 Å². The molecule has 6 nitrogen and oxygen atoms in total. The Bertz CT molecular complexity index is 1100. The maximum Gasteiger partial charge on any atom is 0.272 e. The summed E-state index contributed by atoms with van der Waals surface area (Å²) in [5, 5.41) is 3.35. The summed E-state index contributed by atoms with van der Waals surface area (Å²) in [5.74, 6) is -0.733. The van der Waals surface area contributed by atoms with E-state index in [2.05, 4.69) is 10.3 Å². The number of fused-ring (bicyclic) bond motifs is 3. The van der Waals surface area contributed by atoms with Gasteiger partial charge in [-0.25, -0.2) is 4.39 Å². The Hall–Kier alpha value is -2.93. The average molecular weight is 366 g/mol. The molecule has 3 aromatic rings. The minimum absolute atomic E-state index is 0.119. The zero-order chi connectivity index (χ0) is 18.5. The molecule has 5 rings (SSSR count). The number of piperazine rings is 1. The van der Waals surface area contributed by atoms with Gasteiger partial charge in [-0.1, -0.05) is 6.07 Å². The van der Waals surface area contributed by atoms with E-state index in [4.69, 9.17) is 0 Å². The van der Waals surface area contributed by atoms with Gasteiger partial charge < -0.3 is 19.6 Å². The Morgan fingerprint density at radius 1 is 1.30 bits per heavy atom. The third-order valence-electron chi connectivity index (χ3n) is 5.62. The van der Waals surface area contributed by atoms with Crippen molar-refractivity contribution in [2.24, 2.45) is 0 Å². The van der Waals surface area contributed by atoms with Crippen LogP contribution in [0.1, 0.15) is 28.0 Å². The third-order valence-corrected chi connectivity index (χ3v) is 5.62. The number of amides is 1. The van der Waals surface area contributed by atoms with Gasteiger partial charge in [-0.05, 0) is 36.2 Å². The molecule has 2 atom stereocenters. The van der Waals surface area contributed by atoms with E-state index >= 15 is 0 Å². The number of likely N-dealkylation sites (tertiary alicyclic amines) is 1.